The Morgan fingerprint density at radius 3 is 2.46 bits per heavy atom. The van der Waals surface area contributed by atoms with Crippen LogP contribution in [0.2, 0.25) is 0 Å². The van der Waals surface area contributed by atoms with E-state index in [1.165, 1.54) is 0 Å². The van der Waals surface area contributed by atoms with Crippen LogP contribution in [0.5, 0.6) is 0 Å². The standard InChI is InChI=1S/C18H25BrN2O3/c1-12-5-6-14(19)15(11-12)20-16(22)13-7-9-21(10-8-13)17(23)24-18(2,3)4/h5-6,11,13H,7-10H2,1-4H3,(H,20,22). The third-order valence-electron chi connectivity index (χ3n) is 3.90. The first-order chi connectivity index (χ1) is 11.2. The summed E-state index contributed by atoms with van der Waals surface area (Å²) in [4.78, 5) is 26.2. The summed E-state index contributed by atoms with van der Waals surface area (Å²) in [6, 6.07) is 5.85. The van der Waals surface area contributed by atoms with E-state index in [0.29, 0.717) is 25.9 Å². The number of anilines is 1. The Balaban J connectivity index is 1.89. The number of amides is 2. The van der Waals surface area contributed by atoms with Gasteiger partial charge in [0, 0.05) is 23.5 Å². The lowest BCUT2D eigenvalue weighted by atomic mass is 9.96. The fraction of sp³-hybridized carbons (Fsp3) is 0.556. The quantitative estimate of drug-likeness (QED) is 0.808. The molecule has 1 heterocycles. The van der Waals surface area contributed by atoms with Crippen LogP contribution < -0.4 is 5.32 Å². The molecule has 1 N–H and O–H groups in total. The van der Waals surface area contributed by atoms with Crippen molar-refractivity contribution in [1.82, 2.24) is 4.90 Å². The first kappa shape index (κ1) is 18.8. The number of nitrogens with zero attached hydrogens (tertiary/aromatic N) is 1. The molecule has 2 rings (SSSR count). The molecule has 6 heteroatoms. The van der Waals surface area contributed by atoms with Gasteiger partial charge in [0.15, 0.2) is 0 Å². The predicted octanol–water partition coefficient (Wildman–Crippen LogP) is 4.34. The van der Waals surface area contributed by atoms with Gasteiger partial charge < -0.3 is 15.0 Å². The van der Waals surface area contributed by atoms with Gasteiger partial charge in [0.1, 0.15) is 5.60 Å². The molecule has 0 unspecified atom stereocenters. The van der Waals surface area contributed by atoms with Gasteiger partial charge in [0.05, 0.1) is 5.69 Å². The summed E-state index contributed by atoms with van der Waals surface area (Å²) in [5.41, 5.74) is 1.38. The van der Waals surface area contributed by atoms with Crippen molar-refractivity contribution < 1.29 is 14.3 Å². The number of nitrogens with one attached hydrogen (secondary N) is 1. The molecule has 1 aliphatic heterocycles. The Kier molecular flexibility index (Phi) is 5.91. The monoisotopic (exact) mass is 396 g/mol. The molecule has 2 amide bonds. The third-order valence-corrected chi connectivity index (χ3v) is 4.59. The molecule has 0 atom stereocenters. The van der Waals surface area contributed by atoms with Crippen molar-refractivity contribution in [2.45, 2.75) is 46.1 Å². The molecule has 1 aliphatic rings. The Morgan fingerprint density at radius 2 is 1.88 bits per heavy atom. The molecule has 0 bridgehead atoms. The van der Waals surface area contributed by atoms with E-state index in [9.17, 15) is 9.59 Å². The van der Waals surface area contributed by atoms with Crippen molar-refractivity contribution >= 4 is 33.6 Å². The highest BCUT2D eigenvalue weighted by molar-refractivity contribution is 9.10. The number of aryl methyl sites for hydroxylation is 1. The van der Waals surface area contributed by atoms with Crippen LogP contribution in [0.15, 0.2) is 22.7 Å². The van der Waals surface area contributed by atoms with E-state index < -0.39 is 5.60 Å². The zero-order valence-corrected chi connectivity index (χ0v) is 16.3. The van der Waals surface area contributed by atoms with Crippen molar-refractivity contribution in [1.29, 1.82) is 0 Å². The Labute approximate surface area is 151 Å². The molecule has 0 spiro atoms. The summed E-state index contributed by atoms with van der Waals surface area (Å²) >= 11 is 3.46. The molecular weight excluding hydrogens is 372 g/mol. The van der Waals surface area contributed by atoms with E-state index in [0.717, 1.165) is 15.7 Å². The van der Waals surface area contributed by atoms with E-state index in [1.54, 1.807) is 4.90 Å². The normalized spacial score (nSPS) is 16.0. The Hall–Kier alpha value is -1.56. The van der Waals surface area contributed by atoms with Gasteiger partial charge in [-0.15, -0.1) is 0 Å². The molecule has 1 aromatic carbocycles. The lowest BCUT2D eigenvalue weighted by Gasteiger charge is -2.33. The zero-order valence-electron chi connectivity index (χ0n) is 14.7. The fourth-order valence-electron chi connectivity index (χ4n) is 2.62. The van der Waals surface area contributed by atoms with Gasteiger partial charge in [0.25, 0.3) is 0 Å². The minimum Gasteiger partial charge on any atom is -0.444 e. The number of hydrogen-bond donors (Lipinski definition) is 1. The maximum atomic E-state index is 12.5. The van der Waals surface area contributed by atoms with Crippen molar-refractivity contribution in [3.63, 3.8) is 0 Å². The predicted molar refractivity (Wildman–Crippen MR) is 98.0 cm³/mol. The third kappa shape index (κ3) is 5.23. The zero-order chi connectivity index (χ0) is 17.9. The van der Waals surface area contributed by atoms with Crippen LogP contribution in [-0.4, -0.2) is 35.6 Å². The number of ether oxygens (including phenoxy) is 1. The lowest BCUT2D eigenvalue weighted by molar-refractivity contribution is -0.121. The van der Waals surface area contributed by atoms with Crippen LogP contribution in [0, 0.1) is 12.8 Å². The van der Waals surface area contributed by atoms with Crippen LogP contribution in [0.4, 0.5) is 10.5 Å². The molecule has 1 saturated heterocycles. The summed E-state index contributed by atoms with van der Waals surface area (Å²) < 4.78 is 6.25. The van der Waals surface area contributed by atoms with Crippen molar-refractivity contribution in [3.05, 3.63) is 28.2 Å². The maximum Gasteiger partial charge on any atom is 0.410 e. The first-order valence-electron chi connectivity index (χ1n) is 8.20. The first-order valence-corrected chi connectivity index (χ1v) is 9.00. The number of likely N-dealkylation sites (tertiary alicyclic amines) is 1. The molecule has 0 radical (unpaired) electrons. The van der Waals surface area contributed by atoms with Crippen molar-refractivity contribution in [3.8, 4) is 0 Å². The number of benzene rings is 1. The van der Waals surface area contributed by atoms with Crippen LogP contribution >= 0.6 is 15.9 Å². The Bertz CT molecular complexity index is 617. The maximum absolute atomic E-state index is 12.5. The van der Waals surface area contributed by atoms with Crippen LogP contribution in [0.3, 0.4) is 0 Å². The van der Waals surface area contributed by atoms with Gasteiger partial charge in [-0.1, -0.05) is 6.07 Å². The summed E-state index contributed by atoms with van der Waals surface area (Å²) in [7, 11) is 0. The summed E-state index contributed by atoms with van der Waals surface area (Å²) in [6.07, 6.45) is 0.992. The summed E-state index contributed by atoms with van der Waals surface area (Å²) in [5.74, 6) is -0.0822. The van der Waals surface area contributed by atoms with E-state index in [2.05, 4.69) is 21.2 Å². The number of carbonyl (C=O) groups is 2. The highest BCUT2D eigenvalue weighted by atomic mass is 79.9. The molecule has 1 fully saturated rings. The minimum absolute atomic E-state index is 0.00476. The van der Waals surface area contributed by atoms with Gasteiger partial charge in [-0.25, -0.2) is 4.79 Å². The fourth-order valence-corrected chi connectivity index (χ4v) is 2.97. The summed E-state index contributed by atoms with van der Waals surface area (Å²) in [5, 5.41) is 2.98. The molecule has 24 heavy (non-hydrogen) atoms. The van der Waals surface area contributed by atoms with Gasteiger partial charge in [-0.2, -0.15) is 0 Å². The average molecular weight is 397 g/mol. The van der Waals surface area contributed by atoms with Crippen LogP contribution in [0.25, 0.3) is 0 Å². The highest BCUT2D eigenvalue weighted by Gasteiger charge is 2.30. The molecule has 0 aliphatic carbocycles. The van der Waals surface area contributed by atoms with E-state index in [1.807, 2.05) is 45.9 Å². The Morgan fingerprint density at radius 1 is 1.25 bits per heavy atom. The molecule has 1 aromatic rings. The van der Waals surface area contributed by atoms with Crippen LogP contribution in [-0.2, 0) is 9.53 Å². The SMILES string of the molecule is Cc1ccc(Br)c(NC(=O)C2CCN(C(=O)OC(C)(C)C)CC2)c1. The lowest BCUT2D eigenvalue weighted by Crippen LogP contribution is -2.43. The summed E-state index contributed by atoms with van der Waals surface area (Å²) in [6.45, 7) is 8.63. The van der Waals surface area contributed by atoms with Gasteiger partial charge >= 0.3 is 6.09 Å². The van der Waals surface area contributed by atoms with E-state index >= 15 is 0 Å². The number of carbonyl (C=O) groups excluding carboxylic acids is 2. The second-order valence-corrected chi connectivity index (χ2v) is 8.07. The second-order valence-electron chi connectivity index (χ2n) is 7.21. The molecule has 5 nitrogen and oxygen atoms in total. The van der Waals surface area contributed by atoms with Crippen molar-refractivity contribution in [2.75, 3.05) is 18.4 Å². The largest absolute Gasteiger partial charge is 0.444 e. The number of hydrogen-bond acceptors (Lipinski definition) is 3. The average Bonchev–Trinajstić information content (AvgIpc) is 2.49. The molecule has 0 aromatic heterocycles. The second kappa shape index (κ2) is 7.55. The van der Waals surface area contributed by atoms with Gasteiger partial charge in [0.2, 0.25) is 5.91 Å². The minimum atomic E-state index is -0.497. The molecule has 0 saturated carbocycles. The highest BCUT2D eigenvalue weighted by Crippen LogP contribution is 2.26. The topological polar surface area (TPSA) is 58.6 Å². The molecule has 132 valence electrons. The molecular formula is C18H25BrN2O3. The smallest absolute Gasteiger partial charge is 0.410 e. The van der Waals surface area contributed by atoms with Gasteiger partial charge in [-0.05, 0) is 74.2 Å². The van der Waals surface area contributed by atoms with Crippen LogP contribution in [0.1, 0.15) is 39.2 Å². The van der Waals surface area contributed by atoms with E-state index in [4.69, 9.17) is 4.74 Å². The van der Waals surface area contributed by atoms with E-state index in [-0.39, 0.29) is 17.9 Å². The number of rotatable bonds is 2. The van der Waals surface area contributed by atoms with Gasteiger partial charge in [-0.3, -0.25) is 4.79 Å². The number of halogens is 1. The van der Waals surface area contributed by atoms with Crippen molar-refractivity contribution in [2.24, 2.45) is 5.92 Å². The number of piperidine rings is 1.